The summed E-state index contributed by atoms with van der Waals surface area (Å²) in [4.78, 5) is 24.6. The molecule has 2 N–H and O–H groups in total. The van der Waals surface area contributed by atoms with E-state index in [0.29, 0.717) is 18.7 Å². The van der Waals surface area contributed by atoms with Crippen LogP contribution in [0.15, 0.2) is 24.3 Å². The number of hydrogen-bond acceptors (Lipinski definition) is 3. The van der Waals surface area contributed by atoms with Crippen molar-refractivity contribution in [2.24, 2.45) is 0 Å². The molecule has 0 atom stereocenters. The van der Waals surface area contributed by atoms with Gasteiger partial charge in [-0.05, 0) is 24.3 Å². The molecule has 0 spiro atoms. The summed E-state index contributed by atoms with van der Waals surface area (Å²) in [6.45, 7) is 0.740. The summed E-state index contributed by atoms with van der Waals surface area (Å²) < 4.78 is 0. The fraction of sp³-hybridized carbons (Fsp3) is 0.385. The normalized spacial score (nSPS) is 9.84. The summed E-state index contributed by atoms with van der Waals surface area (Å²) in [5.41, 5.74) is 1.63. The molecule has 0 saturated carbocycles. The molecule has 1 aromatic carbocycles. The number of carbonyl (C=O) groups excluding carboxylic acids is 2. The van der Waals surface area contributed by atoms with Gasteiger partial charge in [-0.15, -0.1) is 11.6 Å². The second-order valence-electron chi connectivity index (χ2n) is 4.18. The fourth-order valence-electron chi connectivity index (χ4n) is 1.44. The molecule has 0 aliphatic rings. The second kappa shape index (κ2) is 7.63. The molecule has 104 valence electrons. The van der Waals surface area contributed by atoms with Gasteiger partial charge in [-0.3, -0.25) is 9.59 Å². The Balaban J connectivity index is 2.39. The molecule has 0 aromatic heterocycles. The molecule has 0 aliphatic carbocycles. The van der Waals surface area contributed by atoms with Crippen LogP contribution >= 0.6 is 11.6 Å². The minimum atomic E-state index is -0.244. The molecule has 0 heterocycles. The molecule has 19 heavy (non-hydrogen) atoms. The standard InChI is InChI=1S/C13H18ClN3O2/c1-17(2)11-5-3-10(4-6-11)13(19)16-8-7-15-12(18)9-14/h3-6H,7-9H2,1-2H3,(H,15,18)(H,16,19). The topological polar surface area (TPSA) is 61.4 Å². The maximum absolute atomic E-state index is 11.8. The van der Waals surface area contributed by atoms with Crippen molar-refractivity contribution >= 4 is 29.1 Å². The molecule has 0 saturated heterocycles. The lowest BCUT2D eigenvalue weighted by molar-refractivity contribution is -0.118. The van der Waals surface area contributed by atoms with E-state index in [9.17, 15) is 9.59 Å². The van der Waals surface area contributed by atoms with Gasteiger partial charge in [0.1, 0.15) is 5.88 Å². The van der Waals surface area contributed by atoms with E-state index in [0.717, 1.165) is 5.69 Å². The van der Waals surface area contributed by atoms with Crippen LogP contribution in [-0.2, 0) is 4.79 Å². The number of alkyl halides is 1. The monoisotopic (exact) mass is 283 g/mol. The van der Waals surface area contributed by atoms with Gasteiger partial charge in [0.15, 0.2) is 0 Å². The number of halogens is 1. The number of nitrogens with one attached hydrogen (secondary N) is 2. The third-order valence-electron chi connectivity index (χ3n) is 2.50. The van der Waals surface area contributed by atoms with E-state index in [1.807, 2.05) is 31.1 Å². The van der Waals surface area contributed by atoms with Crippen LogP contribution in [0.5, 0.6) is 0 Å². The molecule has 0 aliphatic heterocycles. The Morgan fingerprint density at radius 3 is 2.21 bits per heavy atom. The van der Waals surface area contributed by atoms with Crippen LogP contribution < -0.4 is 15.5 Å². The summed E-state index contributed by atoms with van der Waals surface area (Å²) in [6.07, 6.45) is 0. The maximum atomic E-state index is 11.8. The van der Waals surface area contributed by atoms with Crippen LogP contribution in [-0.4, -0.2) is 44.9 Å². The van der Waals surface area contributed by atoms with Crippen LogP contribution in [0.1, 0.15) is 10.4 Å². The van der Waals surface area contributed by atoms with Gasteiger partial charge in [-0.2, -0.15) is 0 Å². The van der Waals surface area contributed by atoms with Gasteiger partial charge in [0.25, 0.3) is 5.91 Å². The zero-order valence-electron chi connectivity index (χ0n) is 11.1. The van der Waals surface area contributed by atoms with Gasteiger partial charge in [0.05, 0.1) is 0 Å². The fourth-order valence-corrected chi connectivity index (χ4v) is 1.53. The van der Waals surface area contributed by atoms with E-state index in [4.69, 9.17) is 11.6 Å². The minimum absolute atomic E-state index is 0.0695. The van der Waals surface area contributed by atoms with Crippen LogP contribution in [0.4, 0.5) is 5.69 Å². The van der Waals surface area contributed by atoms with Gasteiger partial charge in [-0.25, -0.2) is 0 Å². The average molecular weight is 284 g/mol. The molecule has 1 aromatic rings. The molecule has 5 nitrogen and oxygen atoms in total. The second-order valence-corrected chi connectivity index (χ2v) is 4.45. The van der Waals surface area contributed by atoms with E-state index >= 15 is 0 Å². The third kappa shape index (κ3) is 5.18. The number of anilines is 1. The quantitative estimate of drug-likeness (QED) is 0.601. The lowest BCUT2D eigenvalue weighted by Crippen LogP contribution is -2.35. The molecule has 0 unspecified atom stereocenters. The Hall–Kier alpha value is -1.75. The Morgan fingerprint density at radius 2 is 1.68 bits per heavy atom. The highest BCUT2D eigenvalue weighted by molar-refractivity contribution is 6.27. The lowest BCUT2D eigenvalue weighted by Gasteiger charge is -2.12. The first-order valence-corrected chi connectivity index (χ1v) is 6.46. The minimum Gasteiger partial charge on any atom is -0.378 e. The van der Waals surface area contributed by atoms with Crippen molar-refractivity contribution in [2.45, 2.75) is 0 Å². The Kier molecular flexibility index (Phi) is 6.15. The first-order chi connectivity index (χ1) is 9.04. The number of nitrogens with zero attached hydrogens (tertiary/aromatic N) is 1. The van der Waals surface area contributed by atoms with Crippen molar-refractivity contribution in [3.05, 3.63) is 29.8 Å². The van der Waals surface area contributed by atoms with Gasteiger partial charge >= 0.3 is 0 Å². The molecule has 0 radical (unpaired) electrons. The van der Waals surface area contributed by atoms with Gasteiger partial charge in [0.2, 0.25) is 5.91 Å². The van der Waals surface area contributed by atoms with E-state index in [2.05, 4.69) is 10.6 Å². The molecular weight excluding hydrogens is 266 g/mol. The van der Waals surface area contributed by atoms with Crippen LogP contribution in [0.3, 0.4) is 0 Å². The highest BCUT2D eigenvalue weighted by atomic mass is 35.5. The number of hydrogen-bond donors (Lipinski definition) is 2. The van der Waals surface area contributed by atoms with Crippen molar-refractivity contribution in [3.8, 4) is 0 Å². The van der Waals surface area contributed by atoms with Crippen molar-refractivity contribution in [3.63, 3.8) is 0 Å². The molecule has 0 fully saturated rings. The van der Waals surface area contributed by atoms with Crippen LogP contribution in [0.25, 0.3) is 0 Å². The first-order valence-electron chi connectivity index (χ1n) is 5.93. The summed E-state index contributed by atoms with van der Waals surface area (Å²) in [7, 11) is 3.88. The zero-order valence-corrected chi connectivity index (χ0v) is 11.8. The number of rotatable bonds is 6. The number of amides is 2. The average Bonchev–Trinajstić information content (AvgIpc) is 2.43. The van der Waals surface area contributed by atoms with Crippen molar-refractivity contribution in [2.75, 3.05) is 38.0 Å². The van der Waals surface area contributed by atoms with E-state index in [1.54, 1.807) is 12.1 Å². The van der Waals surface area contributed by atoms with Crippen LogP contribution in [0.2, 0.25) is 0 Å². The third-order valence-corrected chi connectivity index (χ3v) is 2.74. The smallest absolute Gasteiger partial charge is 0.251 e. The Labute approximate surface area is 117 Å². The highest BCUT2D eigenvalue weighted by Crippen LogP contribution is 2.11. The van der Waals surface area contributed by atoms with Gasteiger partial charge in [-0.1, -0.05) is 0 Å². The van der Waals surface area contributed by atoms with Crippen molar-refractivity contribution < 1.29 is 9.59 Å². The summed E-state index contributed by atoms with van der Waals surface area (Å²) in [5.74, 6) is -0.475. The van der Waals surface area contributed by atoms with Gasteiger partial charge < -0.3 is 15.5 Å². The summed E-state index contributed by atoms with van der Waals surface area (Å²) >= 11 is 5.33. The summed E-state index contributed by atoms with van der Waals surface area (Å²) in [6, 6.07) is 7.29. The van der Waals surface area contributed by atoms with Crippen molar-refractivity contribution in [1.82, 2.24) is 10.6 Å². The Bertz CT molecular complexity index is 432. The summed E-state index contributed by atoms with van der Waals surface area (Å²) in [5, 5.41) is 5.29. The highest BCUT2D eigenvalue weighted by Gasteiger charge is 2.05. The predicted octanol–water partition coefficient (Wildman–Crippen LogP) is 0.837. The van der Waals surface area contributed by atoms with E-state index in [-0.39, 0.29) is 17.7 Å². The zero-order chi connectivity index (χ0) is 14.3. The van der Waals surface area contributed by atoms with Crippen LogP contribution in [0, 0.1) is 0 Å². The largest absolute Gasteiger partial charge is 0.378 e. The number of benzene rings is 1. The van der Waals surface area contributed by atoms with E-state index < -0.39 is 0 Å². The van der Waals surface area contributed by atoms with Crippen molar-refractivity contribution in [1.29, 1.82) is 0 Å². The predicted molar refractivity (Wildman–Crippen MR) is 76.8 cm³/mol. The van der Waals surface area contributed by atoms with E-state index in [1.165, 1.54) is 0 Å². The number of carbonyl (C=O) groups is 2. The molecule has 1 rings (SSSR count). The Morgan fingerprint density at radius 1 is 1.11 bits per heavy atom. The molecule has 2 amide bonds. The molecule has 0 bridgehead atoms. The van der Waals surface area contributed by atoms with Gasteiger partial charge in [0, 0.05) is 38.4 Å². The molecular formula is C13H18ClN3O2. The maximum Gasteiger partial charge on any atom is 0.251 e. The SMILES string of the molecule is CN(C)c1ccc(C(=O)NCCNC(=O)CCl)cc1. The molecule has 6 heteroatoms. The lowest BCUT2D eigenvalue weighted by atomic mass is 10.2. The first kappa shape index (κ1) is 15.3.